The van der Waals surface area contributed by atoms with Crippen LogP contribution in [0.4, 0.5) is 16.6 Å². The molecule has 12 nitrogen and oxygen atoms in total. The number of ether oxygens (including phenoxy) is 1. The van der Waals surface area contributed by atoms with E-state index in [-0.39, 0.29) is 13.2 Å². The van der Waals surface area contributed by atoms with E-state index in [2.05, 4.69) is 30.5 Å². The van der Waals surface area contributed by atoms with Crippen LogP contribution >= 0.6 is 0 Å². The number of aliphatic carboxylic acids is 1. The molecular weight excluding hydrogens is 550 g/mol. The number of carbonyl (C=O) groups excluding carboxylic acids is 1. The number of aromatic nitrogens is 4. The fourth-order valence-electron chi connectivity index (χ4n) is 5.29. The van der Waals surface area contributed by atoms with Gasteiger partial charge in [0.15, 0.2) is 0 Å². The number of piperidine rings is 1. The number of fused-ring (bicyclic) bond motifs is 1. The number of carboxylic acid groups (broad SMARTS) is 1. The van der Waals surface area contributed by atoms with Crippen molar-refractivity contribution in [1.29, 1.82) is 0 Å². The van der Waals surface area contributed by atoms with Crippen LogP contribution in [0.5, 0.6) is 0 Å². The zero-order valence-electron chi connectivity index (χ0n) is 24.2. The molecule has 2 aromatic heterocycles. The molecule has 0 aliphatic carbocycles. The minimum absolute atomic E-state index is 0.00250. The third-order valence-electron chi connectivity index (χ3n) is 7.61. The van der Waals surface area contributed by atoms with Crippen LogP contribution in [-0.4, -0.2) is 62.4 Å². The SMILES string of the molecule is CCCc1cn(C[C@H](NC(=O)OCc2ccccc2)C(=O)O)c(=O)nc1N1CCC(CNc2nc3ccccc3[nH]2)CC1. The van der Waals surface area contributed by atoms with Gasteiger partial charge in [-0.1, -0.05) is 55.8 Å². The molecule has 1 atom stereocenters. The molecule has 0 saturated carbocycles. The average Bonchev–Trinajstić information content (AvgIpc) is 3.44. The maximum Gasteiger partial charge on any atom is 0.408 e. The number of hydrogen-bond acceptors (Lipinski definition) is 8. The van der Waals surface area contributed by atoms with Crippen molar-refractivity contribution in [2.45, 2.75) is 51.8 Å². The largest absolute Gasteiger partial charge is 0.480 e. The molecule has 3 heterocycles. The number of alkyl carbamates (subject to hydrolysis) is 1. The Hall–Kier alpha value is -4.87. The molecule has 0 bridgehead atoms. The van der Waals surface area contributed by atoms with Crippen molar-refractivity contribution in [1.82, 2.24) is 24.8 Å². The summed E-state index contributed by atoms with van der Waals surface area (Å²) in [7, 11) is 0. The number of H-pyrrole nitrogens is 1. The van der Waals surface area contributed by atoms with Crippen molar-refractivity contribution in [3.05, 3.63) is 82.4 Å². The smallest absolute Gasteiger partial charge is 0.408 e. The van der Waals surface area contributed by atoms with Crippen LogP contribution in [0, 0.1) is 5.92 Å². The Kier molecular flexibility index (Phi) is 9.55. The van der Waals surface area contributed by atoms with Gasteiger partial charge in [0.1, 0.15) is 18.5 Å². The van der Waals surface area contributed by atoms with E-state index in [0.717, 1.165) is 67.0 Å². The highest BCUT2D eigenvalue weighted by Gasteiger charge is 2.26. The number of carboxylic acids is 1. The lowest BCUT2D eigenvalue weighted by molar-refractivity contribution is -0.139. The molecule has 0 unspecified atom stereocenters. The number of benzene rings is 2. The van der Waals surface area contributed by atoms with Crippen molar-refractivity contribution < 1.29 is 19.4 Å². The molecule has 43 heavy (non-hydrogen) atoms. The Morgan fingerprint density at radius 3 is 2.56 bits per heavy atom. The summed E-state index contributed by atoms with van der Waals surface area (Å²) < 4.78 is 6.43. The van der Waals surface area contributed by atoms with Crippen LogP contribution in [0.3, 0.4) is 0 Å². The summed E-state index contributed by atoms with van der Waals surface area (Å²) in [6.45, 7) is 4.08. The van der Waals surface area contributed by atoms with Crippen molar-refractivity contribution in [3.63, 3.8) is 0 Å². The van der Waals surface area contributed by atoms with E-state index >= 15 is 0 Å². The summed E-state index contributed by atoms with van der Waals surface area (Å²) in [6.07, 6.45) is 4.17. The minimum atomic E-state index is -1.36. The van der Waals surface area contributed by atoms with Gasteiger partial charge in [-0.05, 0) is 42.9 Å². The molecule has 1 amide bonds. The first-order valence-electron chi connectivity index (χ1n) is 14.6. The molecule has 12 heteroatoms. The number of aromatic amines is 1. The van der Waals surface area contributed by atoms with Crippen LogP contribution in [0.15, 0.2) is 65.6 Å². The number of nitrogens with one attached hydrogen (secondary N) is 3. The molecule has 1 fully saturated rings. The Balaban J connectivity index is 1.19. The molecule has 1 aliphatic rings. The van der Waals surface area contributed by atoms with Crippen molar-refractivity contribution in [3.8, 4) is 0 Å². The number of para-hydroxylation sites is 2. The quantitative estimate of drug-likeness (QED) is 0.194. The first kappa shape index (κ1) is 29.6. The van der Waals surface area contributed by atoms with Crippen LogP contribution in [0.25, 0.3) is 11.0 Å². The molecule has 5 rings (SSSR count). The standard InChI is InChI=1S/C31H37N7O5/c1-2-8-23-18-38(19-26(28(39)40)35-31(42)43-20-22-9-4-3-5-10-22)30(41)36-27(23)37-15-13-21(14-16-37)17-32-29-33-24-11-6-7-12-25(24)34-29/h3-7,9-12,18,21,26H,2,8,13-17,19-20H2,1H3,(H,35,42)(H,39,40)(H2,32,33,34)/t26-/m0/s1. The number of rotatable bonds is 12. The van der Waals surface area contributed by atoms with Crippen LogP contribution in [0.1, 0.15) is 37.3 Å². The molecule has 1 aliphatic heterocycles. The maximum absolute atomic E-state index is 13.1. The highest BCUT2D eigenvalue weighted by molar-refractivity contribution is 5.80. The number of aryl methyl sites for hydroxylation is 1. The lowest BCUT2D eigenvalue weighted by Crippen LogP contribution is -2.46. The summed E-state index contributed by atoms with van der Waals surface area (Å²) in [6, 6.07) is 15.6. The third-order valence-corrected chi connectivity index (χ3v) is 7.61. The number of imidazole rings is 1. The Morgan fingerprint density at radius 1 is 1.09 bits per heavy atom. The number of nitrogens with zero attached hydrogens (tertiary/aromatic N) is 4. The summed E-state index contributed by atoms with van der Waals surface area (Å²) in [5.74, 6) is 0.582. The van der Waals surface area contributed by atoms with E-state index in [1.165, 1.54) is 4.57 Å². The van der Waals surface area contributed by atoms with Crippen molar-refractivity contribution >= 4 is 34.9 Å². The van der Waals surface area contributed by atoms with Gasteiger partial charge >= 0.3 is 17.8 Å². The van der Waals surface area contributed by atoms with Gasteiger partial charge in [-0.25, -0.2) is 19.4 Å². The van der Waals surface area contributed by atoms with Gasteiger partial charge in [0.05, 0.1) is 17.6 Å². The molecular formula is C31H37N7O5. The lowest BCUT2D eigenvalue weighted by atomic mass is 9.96. The lowest BCUT2D eigenvalue weighted by Gasteiger charge is -2.34. The van der Waals surface area contributed by atoms with E-state index in [1.54, 1.807) is 18.3 Å². The van der Waals surface area contributed by atoms with Gasteiger partial charge in [0.25, 0.3) is 0 Å². The number of hydrogen-bond donors (Lipinski definition) is 4. The van der Waals surface area contributed by atoms with Crippen molar-refractivity contribution in [2.75, 3.05) is 29.9 Å². The Labute approximate surface area is 249 Å². The summed E-state index contributed by atoms with van der Waals surface area (Å²) in [5.41, 5.74) is 3.01. The van der Waals surface area contributed by atoms with E-state index in [9.17, 15) is 19.5 Å². The van der Waals surface area contributed by atoms with E-state index in [0.29, 0.717) is 18.2 Å². The van der Waals surface area contributed by atoms with Gasteiger partial charge in [0, 0.05) is 31.4 Å². The van der Waals surface area contributed by atoms with Crippen LogP contribution in [-0.2, 0) is 29.1 Å². The highest BCUT2D eigenvalue weighted by atomic mass is 16.5. The molecule has 1 saturated heterocycles. The molecule has 226 valence electrons. The van der Waals surface area contributed by atoms with Crippen LogP contribution in [0.2, 0.25) is 0 Å². The normalized spacial score (nSPS) is 14.4. The molecule has 0 radical (unpaired) electrons. The zero-order valence-corrected chi connectivity index (χ0v) is 24.2. The summed E-state index contributed by atoms with van der Waals surface area (Å²) >= 11 is 0. The number of anilines is 2. The number of carbonyl (C=O) groups is 2. The summed E-state index contributed by atoms with van der Waals surface area (Å²) in [4.78, 5) is 51.7. The number of amides is 1. The van der Waals surface area contributed by atoms with Crippen molar-refractivity contribution in [2.24, 2.45) is 5.92 Å². The maximum atomic E-state index is 13.1. The fraction of sp³-hybridized carbons (Fsp3) is 0.387. The van der Waals surface area contributed by atoms with Gasteiger partial charge in [0.2, 0.25) is 5.95 Å². The van der Waals surface area contributed by atoms with Gasteiger partial charge in [-0.2, -0.15) is 4.98 Å². The molecule has 0 spiro atoms. The Morgan fingerprint density at radius 2 is 1.84 bits per heavy atom. The second-order valence-electron chi connectivity index (χ2n) is 10.8. The first-order chi connectivity index (χ1) is 20.9. The predicted molar refractivity (Wildman–Crippen MR) is 163 cm³/mol. The summed E-state index contributed by atoms with van der Waals surface area (Å²) in [5, 5.41) is 15.5. The Bertz CT molecular complexity index is 1560. The second kappa shape index (κ2) is 13.9. The highest BCUT2D eigenvalue weighted by Crippen LogP contribution is 2.25. The molecule has 4 aromatic rings. The van der Waals surface area contributed by atoms with E-state index < -0.39 is 23.8 Å². The van der Waals surface area contributed by atoms with E-state index in [1.807, 2.05) is 49.4 Å². The second-order valence-corrected chi connectivity index (χ2v) is 10.8. The topological polar surface area (TPSA) is 154 Å². The third kappa shape index (κ3) is 7.70. The van der Waals surface area contributed by atoms with E-state index in [4.69, 9.17) is 4.74 Å². The zero-order chi connectivity index (χ0) is 30.2. The van der Waals surface area contributed by atoms with Gasteiger partial charge < -0.3 is 30.4 Å². The average molecular weight is 588 g/mol. The predicted octanol–water partition coefficient (Wildman–Crippen LogP) is 3.78. The molecule has 2 aromatic carbocycles. The van der Waals surface area contributed by atoms with Gasteiger partial charge in [-0.3, -0.25) is 4.57 Å². The fourth-order valence-corrected chi connectivity index (χ4v) is 5.29. The monoisotopic (exact) mass is 587 g/mol. The van der Waals surface area contributed by atoms with Crippen LogP contribution < -0.4 is 21.2 Å². The van der Waals surface area contributed by atoms with Gasteiger partial charge in [-0.15, -0.1) is 0 Å². The first-order valence-corrected chi connectivity index (χ1v) is 14.6. The minimum Gasteiger partial charge on any atom is -0.480 e. The molecule has 4 N–H and O–H groups in total.